The molecule has 0 bridgehead atoms. The molecule has 0 fully saturated rings. The zero-order valence-corrected chi connectivity index (χ0v) is 11.9. The maximum atomic E-state index is 11.1. The van der Waals surface area contributed by atoms with E-state index in [-0.39, 0.29) is 6.54 Å². The van der Waals surface area contributed by atoms with Crippen LogP contribution in [0.3, 0.4) is 0 Å². The lowest BCUT2D eigenvalue weighted by Gasteiger charge is -2.15. The monoisotopic (exact) mass is 277 g/mol. The molecule has 1 aromatic rings. The van der Waals surface area contributed by atoms with Gasteiger partial charge < -0.3 is 4.74 Å². The van der Waals surface area contributed by atoms with Crippen molar-refractivity contribution in [2.75, 3.05) is 13.4 Å². The van der Waals surface area contributed by atoms with Crippen LogP contribution in [0.1, 0.15) is 16.7 Å². The van der Waals surface area contributed by atoms with Gasteiger partial charge in [0.1, 0.15) is 5.75 Å². The summed E-state index contributed by atoms with van der Waals surface area (Å²) in [5.41, 5.74) is 2.50. The first kappa shape index (κ1) is 14.3. The van der Waals surface area contributed by atoms with E-state index in [2.05, 4.69) is 4.72 Å². The van der Waals surface area contributed by atoms with Gasteiger partial charge in [-0.05, 0) is 31.0 Å². The van der Waals surface area contributed by atoms with Crippen LogP contribution in [-0.2, 0) is 16.6 Å². The Hall–Kier alpha value is -0.780. The third-order valence-electron chi connectivity index (χ3n) is 2.50. The van der Waals surface area contributed by atoms with Gasteiger partial charge in [0.15, 0.2) is 0 Å². The van der Waals surface area contributed by atoms with Gasteiger partial charge in [0.2, 0.25) is 10.0 Å². The summed E-state index contributed by atoms with van der Waals surface area (Å²) in [6.07, 6.45) is 1.12. The minimum absolute atomic E-state index is 0.174. The maximum Gasteiger partial charge on any atom is 0.209 e. The highest BCUT2D eigenvalue weighted by molar-refractivity contribution is 7.88. The van der Waals surface area contributed by atoms with E-state index >= 15 is 0 Å². The van der Waals surface area contributed by atoms with Crippen LogP contribution in [0.15, 0.2) is 6.07 Å². The van der Waals surface area contributed by atoms with Crippen LogP contribution in [0.25, 0.3) is 0 Å². The number of aryl methyl sites for hydroxylation is 1. The highest BCUT2D eigenvalue weighted by Gasteiger charge is 2.13. The summed E-state index contributed by atoms with van der Waals surface area (Å²) in [7, 11) is -1.69. The third-order valence-corrected chi connectivity index (χ3v) is 3.75. The van der Waals surface area contributed by atoms with Gasteiger partial charge in [-0.15, -0.1) is 0 Å². The number of nitrogens with one attached hydrogen (secondary N) is 1. The van der Waals surface area contributed by atoms with E-state index in [1.165, 1.54) is 0 Å². The van der Waals surface area contributed by atoms with Crippen LogP contribution in [0.4, 0.5) is 0 Å². The topological polar surface area (TPSA) is 55.4 Å². The smallest absolute Gasteiger partial charge is 0.209 e. The Morgan fingerprint density at radius 3 is 2.47 bits per heavy atom. The van der Waals surface area contributed by atoms with E-state index < -0.39 is 10.0 Å². The fraction of sp³-hybridized carbons (Fsp3) is 0.455. The molecule has 0 spiro atoms. The summed E-state index contributed by atoms with van der Waals surface area (Å²) in [6, 6.07) is 1.80. The number of benzene rings is 1. The summed E-state index contributed by atoms with van der Waals surface area (Å²) in [6.45, 7) is 3.90. The first-order valence-electron chi connectivity index (χ1n) is 5.03. The predicted octanol–water partition coefficient (Wildman–Crippen LogP) is 2.01. The van der Waals surface area contributed by atoms with Gasteiger partial charge in [-0.2, -0.15) is 0 Å². The van der Waals surface area contributed by atoms with Gasteiger partial charge in [0.05, 0.1) is 13.4 Å². The fourth-order valence-corrected chi connectivity index (χ4v) is 2.14. The van der Waals surface area contributed by atoms with Crippen LogP contribution < -0.4 is 9.46 Å². The van der Waals surface area contributed by atoms with Crippen LogP contribution in [0, 0.1) is 13.8 Å². The molecule has 0 aliphatic carbocycles. The molecule has 4 nitrogen and oxygen atoms in total. The van der Waals surface area contributed by atoms with E-state index in [4.69, 9.17) is 16.3 Å². The normalized spacial score (nSPS) is 11.6. The Bertz CT molecular complexity index is 526. The molecule has 0 radical (unpaired) electrons. The van der Waals surface area contributed by atoms with Gasteiger partial charge >= 0.3 is 0 Å². The molecule has 0 amide bonds. The standard InChI is InChI=1S/C11H16ClNO3S/c1-7-5-10(16-3)9(8(2)11(7)12)6-13-17(4,14)15/h5,13H,6H2,1-4H3. The van der Waals surface area contributed by atoms with Crippen molar-refractivity contribution in [2.45, 2.75) is 20.4 Å². The minimum Gasteiger partial charge on any atom is -0.496 e. The number of hydrogen-bond donors (Lipinski definition) is 1. The molecule has 1 N–H and O–H groups in total. The van der Waals surface area contributed by atoms with Gasteiger partial charge in [-0.25, -0.2) is 13.1 Å². The second kappa shape index (κ2) is 5.25. The number of sulfonamides is 1. The summed E-state index contributed by atoms with van der Waals surface area (Å²) < 4.78 is 29.8. The lowest BCUT2D eigenvalue weighted by molar-refractivity contribution is 0.408. The Kier molecular flexibility index (Phi) is 4.41. The zero-order valence-electron chi connectivity index (χ0n) is 10.3. The van der Waals surface area contributed by atoms with Crippen molar-refractivity contribution in [1.82, 2.24) is 4.72 Å². The zero-order chi connectivity index (χ0) is 13.2. The summed E-state index contributed by atoms with van der Waals surface area (Å²) in [4.78, 5) is 0. The molecular weight excluding hydrogens is 262 g/mol. The SMILES string of the molecule is COc1cc(C)c(Cl)c(C)c1CNS(C)(=O)=O. The molecule has 0 aliphatic heterocycles. The highest BCUT2D eigenvalue weighted by Crippen LogP contribution is 2.31. The van der Waals surface area contributed by atoms with Crippen molar-refractivity contribution < 1.29 is 13.2 Å². The molecule has 0 unspecified atom stereocenters. The number of rotatable bonds is 4. The molecule has 0 heterocycles. The first-order valence-corrected chi connectivity index (χ1v) is 7.30. The van der Waals surface area contributed by atoms with Crippen molar-refractivity contribution in [3.8, 4) is 5.75 Å². The molecule has 0 aromatic heterocycles. The predicted molar refractivity (Wildman–Crippen MR) is 69.2 cm³/mol. The molecule has 1 rings (SSSR count). The summed E-state index contributed by atoms with van der Waals surface area (Å²) in [5, 5.41) is 0.635. The Morgan fingerprint density at radius 2 is 2.00 bits per heavy atom. The summed E-state index contributed by atoms with van der Waals surface area (Å²) in [5.74, 6) is 0.639. The number of ether oxygens (including phenoxy) is 1. The molecule has 0 aliphatic rings. The molecule has 0 saturated heterocycles. The van der Waals surface area contributed by atoms with Crippen LogP contribution in [0.5, 0.6) is 5.75 Å². The lowest BCUT2D eigenvalue weighted by Crippen LogP contribution is -2.22. The van der Waals surface area contributed by atoms with Gasteiger partial charge in [-0.3, -0.25) is 0 Å². The fourth-order valence-electron chi connectivity index (χ4n) is 1.57. The van der Waals surface area contributed by atoms with Crippen molar-refractivity contribution in [3.05, 3.63) is 27.8 Å². The Labute approximate surface area is 107 Å². The van der Waals surface area contributed by atoms with Gasteiger partial charge in [0.25, 0.3) is 0 Å². The quantitative estimate of drug-likeness (QED) is 0.916. The third kappa shape index (κ3) is 3.59. The Balaban J connectivity index is 3.17. The minimum atomic E-state index is -3.24. The average Bonchev–Trinajstić information content (AvgIpc) is 2.22. The van der Waals surface area contributed by atoms with Crippen LogP contribution in [-0.4, -0.2) is 21.8 Å². The van der Waals surface area contributed by atoms with E-state index in [9.17, 15) is 8.42 Å². The molecule has 6 heteroatoms. The Morgan fingerprint density at radius 1 is 1.41 bits per heavy atom. The highest BCUT2D eigenvalue weighted by atomic mass is 35.5. The maximum absolute atomic E-state index is 11.1. The molecular formula is C11H16ClNO3S. The van der Waals surface area contributed by atoms with E-state index in [0.29, 0.717) is 10.8 Å². The molecule has 17 heavy (non-hydrogen) atoms. The molecule has 0 atom stereocenters. The van der Waals surface area contributed by atoms with E-state index in [1.54, 1.807) is 13.2 Å². The van der Waals surface area contributed by atoms with Gasteiger partial charge in [-0.1, -0.05) is 11.6 Å². The van der Waals surface area contributed by atoms with E-state index in [1.807, 2.05) is 13.8 Å². The molecule has 96 valence electrons. The van der Waals surface area contributed by atoms with Gasteiger partial charge in [0, 0.05) is 17.1 Å². The first-order chi connectivity index (χ1) is 7.76. The second-order valence-corrected chi connectivity index (χ2v) is 6.12. The average molecular weight is 278 g/mol. The van der Waals surface area contributed by atoms with Crippen molar-refractivity contribution >= 4 is 21.6 Å². The van der Waals surface area contributed by atoms with Crippen molar-refractivity contribution in [1.29, 1.82) is 0 Å². The molecule has 0 saturated carbocycles. The number of hydrogen-bond acceptors (Lipinski definition) is 3. The number of halogens is 1. The molecule has 1 aromatic carbocycles. The van der Waals surface area contributed by atoms with Crippen LogP contribution in [0.2, 0.25) is 5.02 Å². The van der Waals surface area contributed by atoms with E-state index in [0.717, 1.165) is 22.9 Å². The van der Waals surface area contributed by atoms with Crippen molar-refractivity contribution in [2.24, 2.45) is 0 Å². The second-order valence-electron chi connectivity index (χ2n) is 3.91. The van der Waals surface area contributed by atoms with Crippen molar-refractivity contribution in [3.63, 3.8) is 0 Å². The summed E-state index contributed by atoms with van der Waals surface area (Å²) >= 11 is 6.13. The number of methoxy groups -OCH3 is 1. The van der Waals surface area contributed by atoms with Crippen LogP contribution >= 0.6 is 11.6 Å². The largest absolute Gasteiger partial charge is 0.496 e. The lowest BCUT2D eigenvalue weighted by atomic mass is 10.0.